The second-order valence-corrected chi connectivity index (χ2v) is 9.14. The highest BCUT2D eigenvalue weighted by Crippen LogP contribution is 2.33. The number of aromatic nitrogens is 3. The van der Waals surface area contributed by atoms with Gasteiger partial charge in [-0.05, 0) is 30.8 Å². The van der Waals surface area contributed by atoms with Crippen LogP contribution in [0.5, 0.6) is 5.75 Å². The number of H-pyrrole nitrogens is 1. The fourth-order valence-corrected chi connectivity index (χ4v) is 5.00. The van der Waals surface area contributed by atoms with Gasteiger partial charge in [0.1, 0.15) is 22.4 Å². The van der Waals surface area contributed by atoms with E-state index in [1.54, 1.807) is 18.2 Å². The summed E-state index contributed by atoms with van der Waals surface area (Å²) in [5.74, 6) is 0.562. The lowest BCUT2D eigenvalue weighted by Gasteiger charge is -2.26. The molecule has 0 amide bonds. The Kier molecular flexibility index (Phi) is 6.17. The predicted octanol–water partition coefficient (Wildman–Crippen LogP) is 3.20. The highest BCUT2D eigenvalue weighted by molar-refractivity contribution is 8.01. The Morgan fingerprint density at radius 2 is 2.18 bits per heavy atom. The number of halogens is 1. The number of rotatable bonds is 6. The van der Waals surface area contributed by atoms with E-state index in [1.165, 1.54) is 23.1 Å². The van der Waals surface area contributed by atoms with Crippen LogP contribution in [0.15, 0.2) is 32.4 Å². The molecular formula is C18H19ClN4O3S2. The molecule has 7 nitrogen and oxygen atoms in total. The summed E-state index contributed by atoms with van der Waals surface area (Å²) in [5.41, 5.74) is 0.473. The first kappa shape index (κ1) is 19.7. The third-order valence-corrected chi connectivity index (χ3v) is 6.56. The van der Waals surface area contributed by atoms with E-state index in [0.717, 1.165) is 42.2 Å². The number of aromatic amines is 1. The molecule has 2 aromatic heterocycles. The highest BCUT2D eigenvalue weighted by Gasteiger charge is 2.14. The summed E-state index contributed by atoms with van der Waals surface area (Å²) in [4.78, 5) is 18.0. The van der Waals surface area contributed by atoms with Gasteiger partial charge in [0.2, 0.25) is 0 Å². The first-order chi connectivity index (χ1) is 13.6. The average Bonchev–Trinajstić information content (AvgIpc) is 3.09. The zero-order valence-electron chi connectivity index (χ0n) is 15.2. The van der Waals surface area contributed by atoms with Crippen molar-refractivity contribution in [1.82, 2.24) is 20.1 Å². The molecular weight excluding hydrogens is 420 g/mol. The second kappa shape index (κ2) is 8.79. The summed E-state index contributed by atoms with van der Waals surface area (Å²) in [6, 6.07) is 5.05. The first-order valence-electron chi connectivity index (χ1n) is 8.86. The Bertz CT molecular complexity index is 1030. The van der Waals surface area contributed by atoms with Gasteiger partial charge in [-0.1, -0.05) is 22.9 Å². The minimum absolute atomic E-state index is 0.0979. The molecule has 0 atom stereocenters. The van der Waals surface area contributed by atoms with Crippen LogP contribution in [-0.2, 0) is 4.74 Å². The van der Waals surface area contributed by atoms with Gasteiger partial charge >= 0.3 is 0 Å². The minimum Gasteiger partial charge on any atom is -0.491 e. The SMILES string of the molecule is Cc1nnc(Sc2cc(=O)c3ccc(OCCN4CCOCC4)c(Cl)c3[nH]2)s1. The highest BCUT2D eigenvalue weighted by atomic mass is 35.5. The molecule has 28 heavy (non-hydrogen) atoms. The van der Waals surface area contributed by atoms with Crippen LogP contribution in [0, 0.1) is 6.92 Å². The van der Waals surface area contributed by atoms with Gasteiger partial charge in [-0.3, -0.25) is 9.69 Å². The average molecular weight is 439 g/mol. The molecule has 1 aliphatic heterocycles. The summed E-state index contributed by atoms with van der Waals surface area (Å²) < 4.78 is 12.0. The van der Waals surface area contributed by atoms with Crippen molar-refractivity contribution in [2.75, 3.05) is 39.5 Å². The molecule has 0 radical (unpaired) electrons. The molecule has 1 aliphatic rings. The minimum atomic E-state index is -0.0979. The van der Waals surface area contributed by atoms with Gasteiger partial charge in [-0.2, -0.15) is 0 Å². The monoisotopic (exact) mass is 438 g/mol. The van der Waals surface area contributed by atoms with E-state index in [2.05, 4.69) is 20.1 Å². The summed E-state index contributed by atoms with van der Waals surface area (Å²) >= 11 is 9.38. The van der Waals surface area contributed by atoms with E-state index in [4.69, 9.17) is 21.1 Å². The van der Waals surface area contributed by atoms with E-state index < -0.39 is 0 Å². The molecule has 10 heteroatoms. The predicted molar refractivity (Wildman–Crippen MR) is 111 cm³/mol. The van der Waals surface area contributed by atoms with Crippen LogP contribution in [0.1, 0.15) is 5.01 Å². The number of nitrogens with zero attached hydrogens (tertiary/aromatic N) is 3. The number of ether oxygens (including phenoxy) is 2. The van der Waals surface area contributed by atoms with Crippen molar-refractivity contribution in [1.29, 1.82) is 0 Å². The zero-order valence-corrected chi connectivity index (χ0v) is 17.6. The second-order valence-electron chi connectivity index (χ2n) is 6.29. The molecule has 4 rings (SSSR count). The van der Waals surface area contributed by atoms with Crippen LogP contribution in [0.25, 0.3) is 10.9 Å². The van der Waals surface area contributed by atoms with Crippen LogP contribution in [0.3, 0.4) is 0 Å². The number of pyridine rings is 1. The standard InChI is InChI=1S/C18H19ClN4O3S2/c1-11-21-22-18(27-11)28-15-10-13(24)12-2-3-14(16(19)17(12)20-15)26-9-6-23-4-7-25-8-5-23/h2-3,10H,4-9H2,1H3,(H,20,24). The van der Waals surface area contributed by atoms with Crippen LogP contribution in [-0.4, -0.2) is 59.5 Å². The maximum absolute atomic E-state index is 12.5. The van der Waals surface area contributed by atoms with Crippen molar-refractivity contribution < 1.29 is 9.47 Å². The summed E-state index contributed by atoms with van der Waals surface area (Å²) in [7, 11) is 0. The first-order valence-corrected chi connectivity index (χ1v) is 10.9. The molecule has 1 N–H and O–H groups in total. The molecule has 0 aliphatic carbocycles. The van der Waals surface area contributed by atoms with E-state index in [9.17, 15) is 4.79 Å². The maximum Gasteiger partial charge on any atom is 0.190 e. The number of aryl methyl sites for hydroxylation is 1. The van der Waals surface area contributed by atoms with Crippen molar-refractivity contribution in [3.63, 3.8) is 0 Å². The zero-order chi connectivity index (χ0) is 19.5. The fourth-order valence-electron chi connectivity index (χ4n) is 2.93. The third kappa shape index (κ3) is 4.49. The summed E-state index contributed by atoms with van der Waals surface area (Å²) in [5, 5.41) is 10.6. The topological polar surface area (TPSA) is 80.3 Å². The maximum atomic E-state index is 12.5. The van der Waals surface area contributed by atoms with Gasteiger partial charge in [-0.15, -0.1) is 10.2 Å². The lowest BCUT2D eigenvalue weighted by molar-refractivity contribution is 0.0322. The van der Waals surface area contributed by atoms with Crippen molar-refractivity contribution in [3.05, 3.63) is 38.5 Å². The van der Waals surface area contributed by atoms with Crippen LogP contribution < -0.4 is 10.2 Å². The normalized spacial score (nSPS) is 15.2. The molecule has 1 aromatic carbocycles. The van der Waals surface area contributed by atoms with Gasteiger partial charge in [0.25, 0.3) is 0 Å². The van der Waals surface area contributed by atoms with Gasteiger partial charge < -0.3 is 14.5 Å². The number of nitrogens with one attached hydrogen (secondary N) is 1. The Hall–Kier alpha value is -1.65. The smallest absolute Gasteiger partial charge is 0.190 e. The van der Waals surface area contributed by atoms with Crippen LogP contribution in [0.2, 0.25) is 5.02 Å². The summed E-state index contributed by atoms with van der Waals surface area (Å²) in [6.07, 6.45) is 0. The molecule has 3 aromatic rings. The number of fused-ring (bicyclic) bond motifs is 1. The van der Waals surface area contributed by atoms with E-state index >= 15 is 0 Å². The Morgan fingerprint density at radius 1 is 1.36 bits per heavy atom. The number of benzene rings is 1. The lowest BCUT2D eigenvalue weighted by atomic mass is 10.2. The summed E-state index contributed by atoms with van der Waals surface area (Å²) in [6.45, 7) is 6.55. The van der Waals surface area contributed by atoms with Crippen LogP contribution in [0.4, 0.5) is 0 Å². The van der Waals surface area contributed by atoms with E-state index in [0.29, 0.717) is 33.3 Å². The molecule has 0 spiro atoms. The van der Waals surface area contributed by atoms with Crippen molar-refractivity contribution in [2.45, 2.75) is 16.3 Å². The van der Waals surface area contributed by atoms with Gasteiger partial charge in [-0.25, -0.2) is 0 Å². The number of morpholine rings is 1. The molecule has 0 unspecified atom stereocenters. The Balaban J connectivity index is 1.53. The van der Waals surface area contributed by atoms with Gasteiger partial charge in [0, 0.05) is 31.1 Å². The van der Waals surface area contributed by atoms with Crippen molar-refractivity contribution in [3.8, 4) is 5.75 Å². The quantitative estimate of drug-likeness (QED) is 0.632. The molecule has 0 saturated carbocycles. The lowest BCUT2D eigenvalue weighted by Crippen LogP contribution is -2.38. The van der Waals surface area contributed by atoms with Crippen molar-refractivity contribution in [2.24, 2.45) is 0 Å². The van der Waals surface area contributed by atoms with E-state index in [-0.39, 0.29) is 5.43 Å². The van der Waals surface area contributed by atoms with Crippen LogP contribution >= 0.6 is 34.7 Å². The van der Waals surface area contributed by atoms with Crippen molar-refractivity contribution >= 4 is 45.6 Å². The molecule has 1 saturated heterocycles. The fraction of sp³-hybridized carbons (Fsp3) is 0.389. The molecule has 1 fully saturated rings. The molecule has 0 bridgehead atoms. The van der Waals surface area contributed by atoms with Gasteiger partial charge in [0.05, 0.1) is 23.8 Å². The largest absolute Gasteiger partial charge is 0.491 e. The molecule has 148 valence electrons. The number of hydrogen-bond donors (Lipinski definition) is 1. The Morgan fingerprint density at radius 3 is 2.93 bits per heavy atom. The molecule has 3 heterocycles. The van der Waals surface area contributed by atoms with Gasteiger partial charge in [0.15, 0.2) is 9.77 Å². The number of hydrogen-bond acceptors (Lipinski definition) is 8. The Labute approximate surface area is 175 Å². The third-order valence-electron chi connectivity index (χ3n) is 4.36. The van der Waals surface area contributed by atoms with E-state index in [1.807, 2.05) is 6.92 Å².